The topological polar surface area (TPSA) is 105 Å². The van der Waals surface area contributed by atoms with Crippen LogP contribution in [0.2, 0.25) is 5.02 Å². The van der Waals surface area contributed by atoms with Crippen LogP contribution in [-0.2, 0) is 9.53 Å². The Hall–Kier alpha value is -3.43. The number of nitrogens with zero attached hydrogens (tertiary/aromatic N) is 4. The van der Waals surface area contributed by atoms with Gasteiger partial charge in [0.05, 0.1) is 28.1 Å². The maximum atomic E-state index is 13.7. The molecule has 5 rings (SSSR count). The number of rotatable bonds is 5. The third kappa shape index (κ3) is 4.22. The van der Waals surface area contributed by atoms with Crippen LogP contribution in [0.3, 0.4) is 0 Å². The van der Waals surface area contributed by atoms with E-state index in [1.807, 2.05) is 24.0 Å². The van der Waals surface area contributed by atoms with E-state index in [0.29, 0.717) is 66.5 Å². The predicted octanol–water partition coefficient (Wildman–Crippen LogP) is 3.46. The first-order chi connectivity index (χ1) is 17.3. The largest absolute Gasteiger partial charge is 0.481 e. The summed E-state index contributed by atoms with van der Waals surface area (Å²) in [6, 6.07) is 10.5. The van der Waals surface area contributed by atoms with Crippen LogP contribution in [0.5, 0.6) is 0 Å². The van der Waals surface area contributed by atoms with Gasteiger partial charge in [0.2, 0.25) is 0 Å². The molecule has 2 saturated heterocycles. The number of piperidine rings is 1. The number of aromatic nitrogens is 2. The number of aryl methyl sites for hydroxylation is 1. The number of anilines is 1. The minimum absolute atomic E-state index is 0.0355. The van der Waals surface area contributed by atoms with Crippen molar-refractivity contribution < 1.29 is 24.2 Å². The summed E-state index contributed by atoms with van der Waals surface area (Å²) in [5.74, 6) is -1.11. The number of aliphatic carboxylic acids is 1. The van der Waals surface area contributed by atoms with Crippen molar-refractivity contribution in [3.8, 4) is 0 Å². The number of ether oxygens (including phenoxy) is 1. The van der Waals surface area contributed by atoms with Gasteiger partial charge in [0.1, 0.15) is 0 Å². The van der Waals surface area contributed by atoms with Gasteiger partial charge in [-0.25, -0.2) is 0 Å². The standard InChI is InChI=1S/C26H27ClN4O5/c1-15-4-3-5-20(27)22(15)25(33)31-21-12-17(24(32)30-13-18(14-30)36-2)6-7-19(21)23(28-31)29-10-8-16(9-11-29)26(34)35/h3-7,12,16,18H,8-11,13-14H2,1-2H3,(H,34,35). The summed E-state index contributed by atoms with van der Waals surface area (Å²) in [4.78, 5) is 41.9. The molecule has 1 amide bonds. The Kier molecular flexibility index (Phi) is 6.44. The minimum atomic E-state index is -0.792. The molecule has 2 aliphatic heterocycles. The molecule has 1 N–H and O–H groups in total. The predicted molar refractivity (Wildman–Crippen MR) is 135 cm³/mol. The zero-order valence-corrected chi connectivity index (χ0v) is 20.9. The van der Waals surface area contributed by atoms with Crippen LogP contribution in [0.25, 0.3) is 10.9 Å². The number of carboxylic acid groups (broad SMARTS) is 1. The minimum Gasteiger partial charge on any atom is -0.481 e. The molecule has 0 radical (unpaired) electrons. The van der Waals surface area contributed by atoms with Crippen LogP contribution in [0, 0.1) is 12.8 Å². The average molecular weight is 511 g/mol. The quantitative estimate of drug-likeness (QED) is 0.560. The number of fused-ring (bicyclic) bond motifs is 1. The Labute approximate surface area is 213 Å². The molecule has 0 bridgehead atoms. The summed E-state index contributed by atoms with van der Waals surface area (Å²) < 4.78 is 6.59. The van der Waals surface area contributed by atoms with E-state index in [4.69, 9.17) is 16.3 Å². The van der Waals surface area contributed by atoms with E-state index in [0.717, 1.165) is 10.9 Å². The highest BCUT2D eigenvalue weighted by Crippen LogP contribution is 2.32. The number of methoxy groups -OCH3 is 1. The molecule has 10 heteroatoms. The maximum Gasteiger partial charge on any atom is 0.306 e. The fourth-order valence-electron chi connectivity index (χ4n) is 4.90. The number of carbonyl (C=O) groups excluding carboxylic acids is 2. The Morgan fingerprint density at radius 3 is 2.44 bits per heavy atom. The molecule has 0 aliphatic carbocycles. The van der Waals surface area contributed by atoms with Crippen LogP contribution in [0.4, 0.5) is 5.82 Å². The third-order valence-corrected chi connectivity index (χ3v) is 7.46. The molecule has 3 aromatic rings. The summed E-state index contributed by atoms with van der Waals surface area (Å²) in [6.07, 6.45) is 1.02. The Morgan fingerprint density at radius 1 is 1.08 bits per heavy atom. The highest BCUT2D eigenvalue weighted by atomic mass is 35.5. The summed E-state index contributed by atoms with van der Waals surface area (Å²) in [5.41, 5.74) is 2.03. The van der Waals surface area contributed by atoms with Crippen molar-refractivity contribution >= 4 is 46.1 Å². The van der Waals surface area contributed by atoms with E-state index in [1.165, 1.54) is 4.68 Å². The molecule has 36 heavy (non-hydrogen) atoms. The first-order valence-corrected chi connectivity index (χ1v) is 12.3. The van der Waals surface area contributed by atoms with Gasteiger partial charge in [0.15, 0.2) is 5.82 Å². The molecule has 2 aliphatic rings. The number of carbonyl (C=O) groups is 3. The van der Waals surface area contributed by atoms with Crippen LogP contribution in [0.1, 0.15) is 39.1 Å². The number of carboxylic acids is 1. The SMILES string of the molecule is COC1CN(C(=O)c2ccc3c(N4CCC(C(=O)O)CC4)nn(C(=O)c4c(C)cccc4Cl)c3c2)C1. The monoisotopic (exact) mass is 510 g/mol. The van der Waals surface area contributed by atoms with E-state index in [2.05, 4.69) is 5.10 Å². The first kappa shape index (κ1) is 24.3. The number of hydrogen-bond donors (Lipinski definition) is 1. The van der Waals surface area contributed by atoms with Gasteiger partial charge in [-0.3, -0.25) is 14.4 Å². The van der Waals surface area contributed by atoms with Crippen molar-refractivity contribution in [2.75, 3.05) is 38.2 Å². The summed E-state index contributed by atoms with van der Waals surface area (Å²) in [6.45, 7) is 3.88. The van der Waals surface area contributed by atoms with Crippen LogP contribution in [-0.4, -0.2) is 77.0 Å². The summed E-state index contributed by atoms with van der Waals surface area (Å²) >= 11 is 6.40. The second kappa shape index (κ2) is 9.55. The van der Waals surface area contributed by atoms with Gasteiger partial charge >= 0.3 is 5.97 Å². The van der Waals surface area contributed by atoms with E-state index in [-0.39, 0.29) is 17.9 Å². The summed E-state index contributed by atoms with van der Waals surface area (Å²) in [7, 11) is 1.63. The lowest BCUT2D eigenvalue weighted by Crippen LogP contribution is -2.54. The lowest BCUT2D eigenvalue weighted by atomic mass is 9.97. The van der Waals surface area contributed by atoms with Crippen molar-refractivity contribution in [3.63, 3.8) is 0 Å². The molecule has 3 heterocycles. The molecule has 9 nitrogen and oxygen atoms in total. The zero-order chi connectivity index (χ0) is 25.6. The van der Waals surface area contributed by atoms with Gasteiger partial charge in [-0.1, -0.05) is 23.7 Å². The molecule has 1 aromatic heterocycles. The molecule has 188 valence electrons. The Balaban J connectivity index is 1.56. The van der Waals surface area contributed by atoms with Crippen LogP contribution in [0.15, 0.2) is 36.4 Å². The van der Waals surface area contributed by atoms with Gasteiger partial charge < -0.3 is 19.6 Å². The van der Waals surface area contributed by atoms with E-state index >= 15 is 0 Å². The van der Waals surface area contributed by atoms with E-state index in [9.17, 15) is 19.5 Å². The van der Waals surface area contributed by atoms with E-state index < -0.39 is 11.9 Å². The molecule has 0 spiro atoms. The molecular formula is C26H27ClN4O5. The number of likely N-dealkylation sites (tertiary alicyclic amines) is 1. The third-order valence-electron chi connectivity index (χ3n) is 7.15. The summed E-state index contributed by atoms with van der Waals surface area (Å²) in [5, 5.41) is 15.1. The lowest BCUT2D eigenvalue weighted by molar-refractivity contribution is -0.142. The number of benzene rings is 2. The highest BCUT2D eigenvalue weighted by molar-refractivity contribution is 6.34. The number of halogens is 1. The van der Waals surface area contributed by atoms with Crippen LogP contribution >= 0.6 is 11.6 Å². The second-order valence-electron chi connectivity index (χ2n) is 9.37. The molecule has 0 saturated carbocycles. The number of amides is 1. The fraction of sp³-hybridized carbons (Fsp3) is 0.385. The van der Waals surface area contributed by atoms with Gasteiger partial charge in [-0.15, -0.1) is 5.10 Å². The van der Waals surface area contributed by atoms with Crippen molar-refractivity contribution in [3.05, 3.63) is 58.1 Å². The maximum absolute atomic E-state index is 13.7. The lowest BCUT2D eigenvalue weighted by Gasteiger charge is -2.38. The zero-order valence-electron chi connectivity index (χ0n) is 20.1. The van der Waals surface area contributed by atoms with Gasteiger partial charge in [0, 0.05) is 44.2 Å². The average Bonchev–Trinajstić information content (AvgIpc) is 3.22. The number of hydrogen-bond acceptors (Lipinski definition) is 6. The smallest absolute Gasteiger partial charge is 0.306 e. The van der Waals surface area contributed by atoms with Gasteiger partial charge in [-0.2, -0.15) is 4.68 Å². The molecule has 2 aromatic carbocycles. The van der Waals surface area contributed by atoms with Crippen molar-refractivity contribution in [2.45, 2.75) is 25.9 Å². The van der Waals surface area contributed by atoms with E-state index in [1.54, 1.807) is 36.3 Å². The second-order valence-corrected chi connectivity index (χ2v) is 9.78. The fourth-order valence-corrected chi connectivity index (χ4v) is 5.21. The van der Waals surface area contributed by atoms with Crippen molar-refractivity contribution in [2.24, 2.45) is 5.92 Å². The first-order valence-electron chi connectivity index (χ1n) is 11.9. The molecule has 0 unspecified atom stereocenters. The van der Waals surface area contributed by atoms with Gasteiger partial charge in [0.25, 0.3) is 11.8 Å². The Morgan fingerprint density at radius 2 is 1.81 bits per heavy atom. The Bertz CT molecular complexity index is 1340. The van der Waals surface area contributed by atoms with Crippen LogP contribution < -0.4 is 4.90 Å². The van der Waals surface area contributed by atoms with Crippen molar-refractivity contribution in [1.82, 2.24) is 14.7 Å². The van der Waals surface area contributed by atoms with Gasteiger partial charge in [-0.05, 0) is 49.6 Å². The molecule has 0 atom stereocenters. The molecule has 2 fully saturated rings. The highest BCUT2D eigenvalue weighted by Gasteiger charge is 2.33. The van der Waals surface area contributed by atoms with Crippen molar-refractivity contribution in [1.29, 1.82) is 0 Å². The molecular weight excluding hydrogens is 484 g/mol. The normalized spacial score (nSPS) is 16.9.